The van der Waals surface area contributed by atoms with Crippen molar-refractivity contribution in [1.82, 2.24) is 9.97 Å². The minimum Gasteiger partial charge on any atom is -0.377 e. The van der Waals surface area contributed by atoms with Crippen LogP contribution in [-0.2, 0) is 14.6 Å². The minimum absolute atomic E-state index is 0.131. The van der Waals surface area contributed by atoms with Gasteiger partial charge in [-0.2, -0.15) is 4.98 Å². The monoisotopic (exact) mass is 375 g/mol. The molecule has 1 unspecified atom stereocenters. The van der Waals surface area contributed by atoms with Crippen molar-refractivity contribution < 1.29 is 13.2 Å². The van der Waals surface area contributed by atoms with Crippen LogP contribution in [0.5, 0.6) is 0 Å². The third-order valence-corrected chi connectivity index (χ3v) is 6.81. The van der Waals surface area contributed by atoms with E-state index in [1.165, 1.54) is 17.6 Å². The molecule has 0 bridgehead atoms. The number of rotatable bonds is 3. The molecule has 126 valence electrons. The first-order chi connectivity index (χ1) is 10.8. The van der Waals surface area contributed by atoms with Gasteiger partial charge < -0.3 is 9.64 Å². The maximum absolute atomic E-state index is 11.9. The number of thiophene rings is 1. The number of nitrogens with zero attached hydrogens (tertiary/aromatic N) is 3. The molecule has 1 aliphatic heterocycles. The number of ether oxygens (including phenoxy) is 1. The molecular formula is C14H18ClN3O3S2. The van der Waals surface area contributed by atoms with Crippen molar-refractivity contribution in [1.29, 1.82) is 0 Å². The molecule has 0 saturated carbocycles. The highest BCUT2D eigenvalue weighted by Crippen LogP contribution is 2.38. The van der Waals surface area contributed by atoms with Gasteiger partial charge in [0.05, 0.1) is 34.7 Å². The van der Waals surface area contributed by atoms with E-state index in [1.54, 1.807) is 6.92 Å². The molecule has 2 aromatic heterocycles. The maximum atomic E-state index is 11.9. The van der Waals surface area contributed by atoms with E-state index in [4.69, 9.17) is 16.3 Å². The van der Waals surface area contributed by atoms with E-state index in [0.717, 1.165) is 17.1 Å². The second kappa shape index (κ2) is 6.16. The average molecular weight is 376 g/mol. The van der Waals surface area contributed by atoms with Crippen LogP contribution in [0.3, 0.4) is 0 Å². The van der Waals surface area contributed by atoms with Crippen LogP contribution in [0.15, 0.2) is 5.38 Å². The molecule has 6 nitrogen and oxygen atoms in total. The zero-order chi connectivity index (χ0) is 16.8. The average Bonchev–Trinajstić information content (AvgIpc) is 2.88. The van der Waals surface area contributed by atoms with Gasteiger partial charge in [-0.1, -0.05) is 0 Å². The van der Waals surface area contributed by atoms with Crippen molar-refractivity contribution >= 4 is 48.8 Å². The van der Waals surface area contributed by atoms with E-state index in [9.17, 15) is 8.42 Å². The summed E-state index contributed by atoms with van der Waals surface area (Å²) in [6.45, 7) is 5.71. The molecular weight excluding hydrogens is 358 g/mol. The van der Waals surface area contributed by atoms with Crippen LogP contribution >= 0.6 is 22.9 Å². The van der Waals surface area contributed by atoms with Crippen molar-refractivity contribution in [3.05, 3.63) is 16.2 Å². The van der Waals surface area contributed by atoms with Crippen LogP contribution in [0, 0.1) is 0 Å². The fourth-order valence-electron chi connectivity index (χ4n) is 2.65. The zero-order valence-electron chi connectivity index (χ0n) is 13.1. The minimum atomic E-state index is -3.21. The number of sulfone groups is 1. The number of halogens is 1. The Balaban J connectivity index is 2.16. The summed E-state index contributed by atoms with van der Waals surface area (Å²) in [6, 6.07) is 0.177. The second-order valence-electron chi connectivity index (χ2n) is 5.77. The van der Waals surface area contributed by atoms with Crippen molar-refractivity contribution in [3.63, 3.8) is 0 Å². The van der Waals surface area contributed by atoms with Crippen LogP contribution in [0.1, 0.15) is 24.7 Å². The van der Waals surface area contributed by atoms with Crippen molar-refractivity contribution in [2.45, 2.75) is 25.1 Å². The summed E-state index contributed by atoms with van der Waals surface area (Å²) in [5.41, 5.74) is 1.31. The Morgan fingerprint density at radius 3 is 2.87 bits per heavy atom. The van der Waals surface area contributed by atoms with Gasteiger partial charge in [0, 0.05) is 18.4 Å². The normalized spacial score (nSPS) is 20.9. The molecule has 0 radical (unpaired) electrons. The smallest absolute Gasteiger partial charge is 0.224 e. The largest absolute Gasteiger partial charge is 0.377 e. The fraction of sp³-hybridized carbons (Fsp3) is 0.571. The number of fused-ring (bicyclic) bond motifs is 1. The van der Waals surface area contributed by atoms with Gasteiger partial charge in [0.1, 0.15) is 0 Å². The summed E-state index contributed by atoms with van der Waals surface area (Å²) >= 11 is 7.57. The molecule has 23 heavy (non-hydrogen) atoms. The van der Waals surface area contributed by atoms with E-state index in [1.807, 2.05) is 5.38 Å². The highest BCUT2D eigenvalue weighted by atomic mass is 35.5. The Labute approximate surface area is 144 Å². The van der Waals surface area contributed by atoms with Gasteiger partial charge in [-0.15, -0.1) is 11.3 Å². The summed E-state index contributed by atoms with van der Waals surface area (Å²) in [5, 5.41) is 1.35. The summed E-state index contributed by atoms with van der Waals surface area (Å²) in [7, 11) is -3.21. The van der Waals surface area contributed by atoms with Crippen LogP contribution in [0.2, 0.25) is 5.28 Å². The Kier molecular flexibility index (Phi) is 4.52. The molecule has 2 atom stereocenters. The molecule has 2 aromatic rings. The summed E-state index contributed by atoms with van der Waals surface area (Å²) in [6.07, 6.45) is 1.23. The molecule has 0 amide bonds. The Bertz CT molecular complexity index is 837. The van der Waals surface area contributed by atoms with Crippen LogP contribution < -0.4 is 4.90 Å². The molecule has 0 N–H and O–H groups in total. The molecule has 1 fully saturated rings. The number of morpholine rings is 1. The van der Waals surface area contributed by atoms with E-state index < -0.39 is 15.1 Å². The molecule has 3 heterocycles. The first-order valence-electron chi connectivity index (χ1n) is 7.27. The van der Waals surface area contributed by atoms with Gasteiger partial charge in [-0.05, 0) is 30.8 Å². The number of anilines is 1. The molecule has 1 saturated heterocycles. The third-order valence-electron chi connectivity index (χ3n) is 4.12. The molecule has 0 spiro atoms. The fourth-order valence-corrected chi connectivity index (χ4v) is 4.65. The van der Waals surface area contributed by atoms with Gasteiger partial charge in [0.2, 0.25) is 5.28 Å². The Morgan fingerprint density at radius 2 is 2.22 bits per heavy atom. The molecule has 0 aromatic carbocycles. The van der Waals surface area contributed by atoms with Gasteiger partial charge in [-0.3, -0.25) is 0 Å². The molecule has 9 heteroatoms. The van der Waals surface area contributed by atoms with E-state index in [0.29, 0.717) is 24.3 Å². The summed E-state index contributed by atoms with van der Waals surface area (Å²) in [4.78, 5) is 10.8. The quantitative estimate of drug-likeness (QED) is 0.768. The number of hydrogen-bond acceptors (Lipinski definition) is 7. The van der Waals surface area contributed by atoms with Crippen LogP contribution in [0.4, 0.5) is 5.82 Å². The lowest BCUT2D eigenvalue weighted by Crippen LogP contribution is -2.44. The first kappa shape index (κ1) is 16.9. The topological polar surface area (TPSA) is 72.4 Å². The van der Waals surface area contributed by atoms with Crippen molar-refractivity contribution in [3.8, 4) is 0 Å². The SMILES string of the molecule is CC(c1csc2c(N3CCOC[C@H]3C)nc(Cl)nc12)S(C)(=O)=O. The van der Waals surface area contributed by atoms with E-state index >= 15 is 0 Å². The molecule has 3 rings (SSSR count). The predicted octanol–water partition coefficient (Wildman–Crippen LogP) is 2.68. The summed E-state index contributed by atoms with van der Waals surface area (Å²) in [5.74, 6) is 0.757. The van der Waals surface area contributed by atoms with Crippen molar-refractivity contribution in [2.24, 2.45) is 0 Å². The van der Waals surface area contributed by atoms with E-state index in [-0.39, 0.29) is 11.3 Å². The summed E-state index contributed by atoms with van der Waals surface area (Å²) < 4.78 is 30.1. The van der Waals surface area contributed by atoms with E-state index in [2.05, 4.69) is 21.8 Å². The van der Waals surface area contributed by atoms with Crippen LogP contribution in [0.25, 0.3) is 10.2 Å². The highest BCUT2D eigenvalue weighted by Gasteiger charge is 2.27. The molecule has 0 aliphatic carbocycles. The lowest BCUT2D eigenvalue weighted by molar-refractivity contribution is 0.0987. The first-order valence-corrected chi connectivity index (χ1v) is 10.5. The van der Waals surface area contributed by atoms with Gasteiger partial charge >= 0.3 is 0 Å². The van der Waals surface area contributed by atoms with Crippen molar-refractivity contribution in [2.75, 3.05) is 30.9 Å². The highest BCUT2D eigenvalue weighted by molar-refractivity contribution is 7.90. The second-order valence-corrected chi connectivity index (χ2v) is 9.36. The number of hydrogen-bond donors (Lipinski definition) is 0. The maximum Gasteiger partial charge on any atom is 0.224 e. The third kappa shape index (κ3) is 3.17. The Morgan fingerprint density at radius 1 is 1.48 bits per heavy atom. The zero-order valence-corrected chi connectivity index (χ0v) is 15.5. The molecule has 1 aliphatic rings. The lowest BCUT2D eigenvalue weighted by atomic mass is 10.2. The standard InChI is InChI=1S/C14H18ClN3O3S2/c1-8-6-21-5-4-18(8)13-12-11(16-14(15)17-13)10(7-22-12)9(2)23(3,19)20/h7-9H,4-6H2,1-3H3/t8-,9?/m1/s1. The van der Waals surface area contributed by atoms with Gasteiger partial charge in [-0.25, -0.2) is 13.4 Å². The van der Waals surface area contributed by atoms with Crippen LogP contribution in [-0.4, -0.2) is 50.4 Å². The van der Waals surface area contributed by atoms with Gasteiger partial charge in [0.25, 0.3) is 0 Å². The predicted molar refractivity (Wildman–Crippen MR) is 93.3 cm³/mol. The Hall–Kier alpha value is -0.960. The van der Waals surface area contributed by atoms with Gasteiger partial charge in [0.15, 0.2) is 15.7 Å². The lowest BCUT2D eigenvalue weighted by Gasteiger charge is -2.34. The number of aromatic nitrogens is 2.